The number of carbonyl (C=O) groups is 2. The van der Waals surface area contributed by atoms with E-state index in [0.29, 0.717) is 25.4 Å². The average molecular weight is 318 g/mol. The highest BCUT2D eigenvalue weighted by atomic mass is 32.2. The molecule has 1 saturated heterocycles. The standard InChI is InChI=1S/C14H26N2O4S/c1-4-11(2)15(5-7-20-3)14(19)16-6-8-21-10-12(16)9-13(17)18/h11-12H,4-10H2,1-3H3,(H,17,18). The van der Waals surface area contributed by atoms with E-state index in [-0.39, 0.29) is 24.5 Å². The first-order chi connectivity index (χ1) is 10.0. The third kappa shape index (κ3) is 5.39. The molecule has 1 heterocycles. The van der Waals surface area contributed by atoms with Crippen LogP contribution in [0.15, 0.2) is 0 Å². The summed E-state index contributed by atoms with van der Waals surface area (Å²) in [5, 5.41) is 9.02. The Morgan fingerprint density at radius 2 is 2.24 bits per heavy atom. The van der Waals surface area contributed by atoms with Crippen LogP contribution in [0.2, 0.25) is 0 Å². The molecule has 0 aromatic carbocycles. The Kier molecular flexibility index (Phi) is 7.88. The Balaban J connectivity index is 2.80. The SMILES string of the molecule is CCC(C)N(CCOC)C(=O)N1CCSCC1CC(=O)O. The molecule has 0 spiro atoms. The number of carboxylic acid groups (broad SMARTS) is 1. The van der Waals surface area contributed by atoms with Gasteiger partial charge in [0.2, 0.25) is 0 Å². The number of urea groups is 1. The number of hydrogen-bond acceptors (Lipinski definition) is 4. The molecule has 1 rings (SSSR count). The van der Waals surface area contributed by atoms with Gasteiger partial charge < -0.3 is 19.6 Å². The molecule has 21 heavy (non-hydrogen) atoms. The Bertz CT molecular complexity index is 354. The highest BCUT2D eigenvalue weighted by Crippen LogP contribution is 2.21. The molecule has 7 heteroatoms. The third-order valence-corrected chi connectivity index (χ3v) is 4.88. The molecule has 1 aliphatic heterocycles. The van der Waals surface area contributed by atoms with Gasteiger partial charge in [-0.15, -0.1) is 0 Å². The minimum Gasteiger partial charge on any atom is -0.481 e. The van der Waals surface area contributed by atoms with Crippen molar-refractivity contribution < 1.29 is 19.4 Å². The first-order valence-corrected chi connectivity index (χ1v) is 8.52. The summed E-state index contributed by atoms with van der Waals surface area (Å²) < 4.78 is 5.09. The van der Waals surface area contributed by atoms with Crippen molar-refractivity contribution in [2.24, 2.45) is 0 Å². The molecule has 0 bridgehead atoms. The summed E-state index contributed by atoms with van der Waals surface area (Å²) in [6, 6.07) is -0.163. The molecule has 0 aliphatic carbocycles. The van der Waals surface area contributed by atoms with E-state index in [1.165, 1.54) is 0 Å². The van der Waals surface area contributed by atoms with Crippen LogP contribution in [0.25, 0.3) is 0 Å². The zero-order valence-corrected chi connectivity index (χ0v) is 13.9. The van der Waals surface area contributed by atoms with Crippen LogP contribution in [0.4, 0.5) is 4.79 Å². The van der Waals surface area contributed by atoms with Gasteiger partial charge in [-0.2, -0.15) is 11.8 Å². The molecule has 0 aromatic rings. The zero-order chi connectivity index (χ0) is 15.8. The van der Waals surface area contributed by atoms with Gasteiger partial charge >= 0.3 is 12.0 Å². The molecule has 2 amide bonds. The molecule has 0 radical (unpaired) electrons. The number of methoxy groups -OCH3 is 1. The van der Waals surface area contributed by atoms with Crippen molar-refractivity contribution in [1.29, 1.82) is 0 Å². The molecule has 1 N–H and O–H groups in total. The van der Waals surface area contributed by atoms with Crippen LogP contribution in [-0.2, 0) is 9.53 Å². The van der Waals surface area contributed by atoms with E-state index in [9.17, 15) is 9.59 Å². The number of thioether (sulfide) groups is 1. The van der Waals surface area contributed by atoms with Crippen molar-refractivity contribution in [1.82, 2.24) is 9.80 Å². The van der Waals surface area contributed by atoms with Gasteiger partial charge in [0.1, 0.15) is 0 Å². The zero-order valence-electron chi connectivity index (χ0n) is 13.1. The Hall–Kier alpha value is -0.950. The number of hydrogen-bond donors (Lipinski definition) is 1. The van der Waals surface area contributed by atoms with Gasteiger partial charge in [-0.25, -0.2) is 4.79 Å². The lowest BCUT2D eigenvalue weighted by Crippen LogP contribution is -2.55. The molecular weight excluding hydrogens is 292 g/mol. The summed E-state index contributed by atoms with van der Waals surface area (Å²) in [7, 11) is 1.62. The van der Waals surface area contributed by atoms with Crippen LogP contribution in [-0.4, -0.2) is 77.3 Å². The van der Waals surface area contributed by atoms with Crippen molar-refractivity contribution in [3.63, 3.8) is 0 Å². The largest absolute Gasteiger partial charge is 0.481 e. The fourth-order valence-electron chi connectivity index (χ4n) is 2.36. The van der Waals surface area contributed by atoms with E-state index in [4.69, 9.17) is 9.84 Å². The molecule has 0 aromatic heterocycles. The van der Waals surface area contributed by atoms with Gasteiger partial charge in [-0.3, -0.25) is 4.79 Å². The van der Waals surface area contributed by atoms with Crippen LogP contribution >= 0.6 is 11.8 Å². The van der Waals surface area contributed by atoms with E-state index >= 15 is 0 Å². The molecule has 6 nitrogen and oxygen atoms in total. The van der Waals surface area contributed by atoms with Gasteiger partial charge in [0.25, 0.3) is 0 Å². The Labute approximate surface area is 130 Å². The number of aliphatic carboxylic acids is 1. The molecular formula is C14H26N2O4S. The normalized spacial score (nSPS) is 20.1. The number of rotatable bonds is 7. The van der Waals surface area contributed by atoms with Crippen molar-refractivity contribution in [3.05, 3.63) is 0 Å². The van der Waals surface area contributed by atoms with Gasteiger partial charge in [-0.05, 0) is 13.3 Å². The summed E-state index contributed by atoms with van der Waals surface area (Å²) in [5.74, 6) is 0.698. The predicted molar refractivity (Wildman–Crippen MR) is 83.8 cm³/mol. The fraction of sp³-hybridized carbons (Fsp3) is 0.857. The Morgan fingerprint density at radius 1 is 1.52 bits per heavy atom. The van der Waals surface area contributed by atoms with E-state index in [2.05, 4.69) is 0 Å². The molecule has 1 fully saturated rings. The van der Waals surface area contributed by atoms with E-state index in [0.717, 1.165) is 12.2 Å². The maximum atomic E-state index is 12.8. The van der Waals surface area contributed by atoms with Crippen LogP contribution in [0.5, 0.6) is 0 Å². The van der Waals surface area contributed by atoms with Crippen molar-refractivity contribution >= 4 is 23.8 Å². The smallest absolute Gasteiger partial charge is 0.320 e. The lowest BCUT2D eigenvalue weighted by molar-refractivity contribution is -0.138. The summed E-state index contributed by atoms with van der Waals surface area (Å²) in [4.78, 5) is 27.3. The highest BCUT2D eigenvalue weighted by molar-refractivity contribution is 7.99. The van der Waals surface area contributed by atoms with Crippen LogP contribution < -0.4 is 0 Å². The number of nitrogens with zero attached hydrogens (tertiary/aromatic N) is 2. The van der Waals surface area contributed by atoms with Gasteiger partial charge in [0, 0.05) is 37.7 Å². The molecule has 1 aliphatic rings. The van der Waals surface area contributed by atoms with Crippen LogP contribution in [0.1, 0.15) is 26.7 Å². The first-order valence-electron chi connectivity index (χ1n) is 7.36. The monoisotopic (exact) mass is 318 g/mol. The average Bonchev–Trinajstić information content (AvgIpc) is 2.47. The lowest BCUT2D eigenvalue weighted by Gasteiger charge is -2.40. The quantitative estimate of drug-likeness (QED) is 0.774. The second-order valence-electron chi connectivity index (χ2n) is 5.25. The Morgan fingerprint density at radius 3 is 2.81 bits per heavy atom. The number of carbonyl (C=O) groups excluding carboxylic acids is 1. The van der Waals surface area contributed by atoms with Gasteiger partial charge in [0.15, 0.2) is 0 Å². The number of carboxylic acids is 1. The van der Waals surface area contributed by atoms with Crippen LogP contribution in [0.3, 0.4) is 0 Å². The van der Waals surface area contributed by atoms with E-state index in [1.54, 1.807) is 28.7 Å². The topological polar surface area (TPSA) is 70.1 Å². The van der Waals surface area contributed by atoms with Crippen molar-refractivity contribution in [2.45, 2.75) is 38.8 Å². The van der Waals surface area contributed by atoms with Crippen molar-refractivity contribution in [2.75, 3.05) is 38.3 Å². The minimum absolute atomic E-state index is 0.0113. The summed E-state index contributed by atoms with van der Waals surface area (Å²) >= 11 is 1.71. The van der Waals surface area contributed by atoms with Crippen LogP contribution in [0, 0.1) is 0 Å². The lowest BCUT2D eigenvalue weighted by atomic mass is 10.2. The minimum atomic E-state index is -0.854. The molecule has 122 valence electrons. The number of ether oxygens (including phenoxy) is 1. The molecule has 2 unspecified atom stereocenters. The van der Waals surface area contributed by atoms with E-state index in [1.807, 2.05) is 13.8 Å². The molecule has 2 atom stereocenters. The highest BCUT2D eigenvalue weighted by Gasteiger charge is 2.32. The second kappa shape index (κ2) is 9.15. The maximum Gasteiger partial charge on any atom is 0.320 e. The van der Waals surface area contributed by atoms with Gasteiger partial charge in [0.05, 0.1) is 19.1 Å². The first kappa shape index (κ1) is 18.1. The predicted octanol–water partition coefficient (Wildman–Crippen LogP) is 1.75. The summed E-state index contributed by atoms with van der Waals surface area (Å²) in [5.41, 5.74) is 0. The molecule has 0 saturated carbocycles. The summed E-state index contributed by atoms with van der Waals surface area (Å²) in [6.07, 6.45) is 0.874. The number of amides is 2. The van der Waals surface area contributed by atoms with E-state index < -0.39 is 5.97 Å². The fourth-order valence-corrected chi connectivity index (χ4v) is 3.42. The summed E-state index contributed by atoms with van der Waals surface area (Å²) in [6.45, 7) is 5.69. The van der Waals surface area contributed by atoms with Gasteiger partial charge in [-0.1, -0.05) is 6.92 Å². The second-order valence-corrected chi connectivity index (χ2v) is 6.40. The third-order valence-electron chi connectivity index (χ3n) is 3.79. The maximum absolute atomic E-state index is 12.8. The van der Waals surface area contributed by atoms with Crippen molar-refractivity contribution in [3.8, 4) is 0 Å².